The van der Waals surface area contributed by atoms with Crippen LogP contribution < -0.4 is 4.90 Å². The summed E-state index contributed by atoms with van der Waals surface area (Å²) < 4.78 is 27.6. The van der Waals surface area contributed by atoms with Crippen molar-refractivity contribution < 1.29 is 18.7 Å². The molecule has 1 aromatic heterocycles. The van der Waals surface area contributed by atoms with E-state index in [2.05, 4.69) is 22.2 Å². The van der Waals surface area contributed by atoms with E-state index >= 15 is 0 Å². The molecule has 30 heavy (non-hydrogen) atoms. The predicted molar refractivity (Wildman–Crippen MR) is 106 cm³/mol. The van der Waals surface area contributed by atoms with Gasteiger partial charge < -0.3 is 14.4 Å². The SMILES string of the molecule is CN(C(=O)c1cn(CC2OCC3(CC3)CO2)nn1)c1ccc(C#CC2CC2)cc1F. The number of nitrogens with zero attached hydrogens (tertiary/aromatic N) is 4. The first-order valence-corrected chi connectivity index (χ1v) is 10.2. The molecule has 0 radical (unpaired) electrons. The highest BCUT2D eigenvalue weighted by Crippen LogP contribution is 2.48. The lowest BCUT2D eigenvalue weighted by atomic mass is 10.1. The molecule has 5 rings (SSSR count). The molecule has 2 aliphatic carbocycles. The number of carbonyl (C=O) groups is 1. The number of halogens is 1. The zero-order valence-corrected chi connectivity index (χ0v) is 16.8. The summed E-state index contributed by atoms with van der Waals surface area (Å²) >= 11 is 0. The van der Waals surface area contributed by atoms with Crippen LogP contribution in [0.1, 0.15) is 41.7 Å². The zero-order valence-electron chi connectivity index (χ0n) is 16.8. The Kier molecular flexibility index (Phi) is 4.80. The Balaban J connectivity index is 1.23. The van der Waals surface area contributed by atoms with Gasteiger partial charge in [-0.25, -0.2) is 9.07 Å². The predicted octanol–water partition coefficient (Wildman–Crippen LogP) is 2.61. The molecule has 1 amide bonds. The van der Waals surface area contributed by atoms with E-state index in [4.69, 9.17) is 9.47 Å². The average molecular weight is 410 g/mol. The van der Waals surface area contributed by atoms with Crippen LogP contribution in [0.2, 0.25) is 0 Å². The lowest BCUT2D eigenvalue weighted by Gasteiger charge is -2.29. The van der Waals surface area contributed by atoms with Crippen LogP contribution in [0.25, 0.3) is 0 Å². The Labute approximate surface area is 174 Å². The van der Waals surface area contributed by atoms with E-state index in [1.54, 1.807) is 12.1 Å². The van der Waals surface area contributed by atoms with Crippen molar-refractivity contribution in [2.45, 2.75) is 38.5 Å². The van der Waals surface area contributed by atoms with Crippen LogP contribution in [0.4, 0.5) is 10.1 Å². The van der Waals surface area contributed by atoms with E-state index in [0.717, 1.165) is 25.7 Å². The average Bonchev–Trinajstić information content (AvgIpc) is 3.67. The van der Waals surface area contributed by atoms with Crippen LogP contribution in [0.3, 0.4) is 0 Å². The van der Waals surface area contributed by atoms with Crippen molar-refractivity contribution in [2.75, 3.05) is 25.2 Å². The molecule has 0 N–H and O–H groups in total. The maximum atomic E-state index is 14.6. The summed E-state index contributed by atoms with van der Waals surface area (Å²) in [5, 5.41) is 7.93. The van der Waals surface area contributed by atoms with Crippen molar-refractivity contribution in [2.24, 2.45) is 11.3 Å². The van der Waals surface area contributed by atoms with Crippen LogP contribution in [0.15, 0.2) is 24.4 Å². The summed E-state index contributed by atoms with van der Waals surface area (Å²) in [6.45, 7) is 1.74. The van der Waals surface area contributed by atoms with Crippen molar-refractivity contribution in [1.82, 2.24) is 15.0 Å². The Bertz CT molecular complexity index is 1020. The Hall–Kier alpha value is -2.76. The van der Waals surface area contributed by atoms with Crippen molar-refractivity contribution in [3.63, 3.8) is 0 Å². The summed E-state index contributed by atoms with van der Waals surface area (Å²) in [4.78, 5) is 14.0. The van der Waals surface area contributed by atoms with E-state index in [0.29, 0.717) is 31.2 Å². The number of anilines is 1. The molecule has 0 bridgehead atoms. The third kappa shape index (κ3) is 4.09. The second-order valence-electron chi connectivity index (χ2n) is 8.45. The molecular weight excluding hydrogens is 387 g/mol. The normalized spacial score (nSPS) is 19.9. The van der Waals surface area contributed by atoms with Crippen LogP contribution in [-0.2, 0) is 16.0 Å². The topological polar surface area (TPSA) is 69.5 Å². The van der Waals surface area contributed by atoms with Crippen molar-refractivity contribution in [1.29, 1.82) is 0 Å². The second kappa shape index (κ2) is 7.49. The highest BCUT2D eigenvalue weighted by atomic mass is 19.1. The van der Waals surface area contributed by atoms with Gasteiger partial charge in [-0.3, -0.25) is 4.79 Å². The standard InChI is InChI=1S/C22H23FN4O3/c1-26(19-7-6-16(10-17(19)23)5-4-15-2-3-15)21(28)18-11-27(25-24-18)12-20-29-13-22(8-9-22)14-30-20/h6-7,10-11,15,20H,2-3,8-9,12-14H2,1H3. The summed E-state index contributed by atoms with van der Waals surface area (Å²) in [5.74, 6) is 5.58. The van der Waals surface area contributed by atoms with Crippen molar-refractivity contribution in [3.8, 4) is 11.8 Å². The van der Waals surface area contributed by atoms with E-state index in [9.17, 15) is 9.18 Å². The fraction of sp³-hybridized carbons (Fsp3) is 0.500. The highest BCUT2D eigenvalue weighted by Gasteiger charge is 2.47. The molecule has 2 aromatic rings. The first kappa shape index (κ1) is 19.2. The van der Waals surface area contributed by atoms with Gasteiger partial charge in [-0.2, -0.15) is 0 Å². The molecule has 1 aromatic carbocycles. The molecule has 3 aliphatic rings. The third-order valence-corrected chi connectivity index (χ3v) is 5.81. The molecule has 3 fully saturated rings. The minimum atomic E-state index is -0.501. The number of carbonyl (C=O) groups excluding carboxylic acids is 1. The van der Waals surface area contributed by atoms with E-state index in [1.165, 1.54) is 28.9 Å². The fourth-order valence-electron chi connectivity index (χ4n) is 3.39. The Morgan fingerprint density at radius 1 is 1.33 bits per heavy atom. The van der Waals surface area contributed by atoms with Gasteiger partial charge in [0.15, 0.2) is 12.0 Å². The van der Waals surface area contributed by atoms with E-state index in [-0.39, 0.29) is 16.8 Å². The minimum absolute atomic E-state index is 0.129. The number of benzene rings is 1. The first-order valence-electron chi connectivity index (χ1n) is 10.2. The van der Waals surface area contributed by atoms with Gasteiger partial charge in [0, 0.05) is 23.9 Å². The lowest BCUT2D eigenvalue weighted by molar-refractivity contribution is -0.213. The molecule has 1 spiro atoms. The van der Waals surface area contributed by atoms with Gasteiger partial charge in [0.25, 0.3) is 5.91 Å². The zero-order chi connectivity index (χ0) is 20.7. The van der Waals surface area contributed by atoms with Crippen LogP contribution >= 0.6 is 0 Å². The second-order valence-corrected chi connectivity index (χ2v) is 8.45. The van der Waals surface area contributed by atoms with Crippen LogP contribution in [0.5, 0.6) is 0 Å². The van der Waals surface area contributed by atoms with E-state index < -0.39 is 18.0 Å². The van der Waals surface area contributed by atoms with Gasteiger partial charge in [0.1, 0.15) is 5.82 Å². The number of rotatable bonds is 4. The molecule has 8 heteroatoms. The van der Waals surface area contributed by atoms with Crippen LogP contribution in [0, 0.1) is 29.0 Å². The smallest absolute Gasteiger partial charge is 0.280 e. The van der Waals surface area contributed by atoms with Gasteiger partial charge in [-0.15, -0.1) is 5.10 Å². The van der Waals surface area contributed by atoms with Crippen molar-refractivity contribution in [3.05, 3.63) is 41.5 Å². The molecular formula is C22H23FN4O3. The third-order valence-electron chi connectivity index (χ3n) is 5.81. The highest BCUT2D eigenvalue weighted by molar-refractivity contribution is 6.04. The molecule has 156 valence electrons. The summed E-state index contributed by atoms with van der Waals surface area (Å²) in [6.07, 6.45) is 5.66. The maximum absolute atomic E-state index is 14.6. The monoisotopic (exact) mass is 410 g/mol. The number of amides is 1. The number of hydrogen-bond donors (Lipinski definition) is 0. The molecule has 1 saturated heterocycles. The number of ether oxygens (including phenoxy) is 2. The van der Waals surface area contributed by atoms with Crippen LogP contribution in [-0.4, -0.2) is 47.5 Å². The minimum Gasteiger partial charge on any atom is -0.350 e. The van der Waals surface area contributed by atoms with Gasteiger partial charge >= 0.3 is 0 Å². The van der Waals surface area contributed by atoms with Gasteiger partial charge in [-0.1, -0.05) is 17.1 Å². The summed E-state index contributed by atoms with van der Waals surface area (Å²) in [6, 6.07) is 4.64. The summed E-state index contributed by atoms with van der Waals surface area (Å²) in [7, 11) is 1.51. The molecule has 1 aliphatic heterocycles. The largest absolute Gasteiger partial charge is 0.350 e. The quantitative estimate of drug-likeness (QED) is 0.725. The number of aromatic nitrogens is 3. The van der Waals surface area contributed by atoms with E-state index in [1.807, 2.05) is 0 Å². The van der Waals surface area contributed by atoms with Gasteiger partial charge in [0.05, 0.1) is 31.6 Å². The number of hydrogen-bond acceptors (Lipinski definition) is 5. The first-order chi connectivity index (χ1) is 14.5. The summed E-state index contributed by atoms with van der Waals surface area (Å²) in [5.41, 5.74) is 1.13. The van der Waals surface area contributed by atoms with Gasteiger partial charge in [0.2, 0.25) is 0 Å². The van der Waals surface area contributed by atoms with Gasteiger partial charge in [-0.05, 0) is 43.9 Å². The lowest BCUT2D eigenvalue weighted by Crippen LogP contribution is -2.36. The maximum Gasteiger partial charge on any atom is 0.280 e. The Morgan fingerprint density at radius 3 is 2.77 bits per heavy atom. The molecule has 0 atom stereocenters. The van der Waals surface area contributed by atoms with Crippen molar-refractivity contribution >= 4 is 11.6 Å². The molecule has 2 saturated carbocycles. The molecule has 2 heterocycles. The molecule has 7 nitrogen and oxygen atoms in total. The molecule has 0 unspecified atom stereocenters. The fourth-order valence-corrected chi connectivity index (χ4v) is 3.39. The Morgan fingerprint density at radius 2 is 2.10 bits per heavy atom.